The second-order valence-corrected chi connectivity index (χ2v) is 10.9. The lowest BCUT2D eigenvalue weighted by Gasteiger charge is -2.11. The van der Waals surface area contributed by atoms with E-state index in [0.717, 1.165) is 5.52 Å². The molecule has 3 heterocycles. The van der Waals surface area contributed by atoms with Crippen molar-refractivity contribution in [2.24, 2.45) is 0 Å². The number of hydrogen-bond donors (Lipinski definition) is 0. The van der Waals surface area contributed by atoms with Gasteiger partial charge in [0, 0.05) is 32.6 Å². The Balaban J connectivity index is 1.59. The number of thiazole rings is 1. The molecule has 0 bridgehead atoms. The van der Waals surface area contributed by atoms with Crippen LogP contribution in [-0.4, -0.2) is 14.1 Å². The smallest absolute Gasteiger partial charge is 0.0833 e. The Morgan fingerprint density at radius 1 is 0.513 bits per heavy atom. The van der Waals surface area contributed by atoms with E-state index in [0.29, 0.717) is 0 Å². The molecule has 0 unspecified atom stereocenters. The monoisotopic (exact) mass is 515 g/mol. The van der Waals surface area contributed by atoms with Gasteiger partial charge in [0.25, 0.3) is 0 Å². The van der Waals surface area contributed by atoms with Crippen LogP contribution in [0.5, 0.6) is 0 Å². The van der Waals surface area contributed by atoms with E-state index >= 15 is 0 Å². The van der Waals surface area contributed by atoms with Gasteiger partial charge in [-0.15, -0.1) is 11.3 Å². The van der Waals surface area contributed by atoms with Gasteiger partial charge in [0.15, 0.2) is 0 Å². The Labute approximate surface area is 227 Å². The predicted molar refractivity (Wildman–Crippen MR) is 166 cm³/mol. The molecule has 182 valence electrons. The largest absolute Gasteiger partial charge is 0.309 e. The van der Waals surface area contributed by atoms with Gasteiger partial charge in [-0.05, 0) is 41.8 Å². The molecular formula is C35H21N3S. The van der Waals surface area contributed by atoms with E-state index in [1.807, 2.05) is 5.51 Å². The zero-order valence-electron chi connectivity index (χ0n) is 20.9. The minimum absolute atomic E-state index is 1.04. The number of para-hydroxylation sites is 2. The van der Waals surface area contributed by atoms with Crippen molar-refractivity contribution in [2.45, 2.75) is 0 Å². The number of fused-ring (bicyclic) bond motifs is 10. The lowest BCUT2D eigenvalue weighted by molar-refractivity contribution is 1.18. The van der Waals surface area contributed by atoms with Gasteiger partial charge in [-0.2, -0.15) is 0 Å². The molecule has 39 heavy (non-hydrogen) atoms. The van der Waals surface area contributed by atoms with E-state index in [9.17, 15) is 0 Å². The number of hydrogen-bond acceptors (Lipinski definition) is 2. The van der Waals surface area contributed by atoms with Crippen LogP contribution in [0.2, 0.25) is 0 Å². The van der Waals surface area contributed by atoms with E-state index in [1.54, 1.807) is 11.3 Å². The highest BCUT2D eigenvalue weighted by atomic mass is 32.1. The van der Waals surface area contributed by atoms with Crippen LogP contribution >= 0.6 is 11.3 Å². The van der Waals surface area contributed by atoms with Crippen LogP contribution in [0.3, 0.4) is 0 Å². The molecule has 0 fully saturated rings. The number of aromatic nitrogens is 3. The van der Waals surface area contributed by atoms with Gasteiger partial charge in [-0.25, -0.2) is 4.98 Å². The number of benzene rings is 6. The highest BCUT2D eigenvalue weighted by molar-refractivity contribution is 7.17. The van der Waals surface area contributed by atoms with Crippen molar-refractivity contribution in [3.8, 4) is 11.4 Å². The highest BCUT2D eigenvalue weighted by Gasteiger charge is 2.22. The topological polar surface area (TPSA) is 22.8 Å². The lowest BCUT2D eigenvalue weighted by Crippen LogP contribution is -1.95. The Morgan fingerprint density at radius 3 is 2.23 bits per heavy atom. The molecule has 0 amide bonds. The second kappa shape index (κ2) is 7.79. The van der Waals surface area contributed by atoms with Gasteiger partial charge in [0.2, 0.25) is 0 Å². The molecule has 3 aromatic heterocycles. The Kier molecular flexibility index (Phi) is 4.21. The van der Waals surface area contributed by atoms with Crippen molar-refractivity contribution in [1.29, 1.82) is 0 Å². The van der Waals surface area contributed by atoms with Gasteiger partial charge in [-0.3, -0.25) is 0 Å². The number of rotatable bonds is 2. The summed E-state index contributed by atoms with van der Waals surface area (Å²) in [6, 6.07) is 43.9. The molecule has 0 atom stereocenters. The van der Waals surface area contributed by atoms with Crippen molar-refractivity contribution in [1.82, 2.24) is 14.1 Å². The Hall–Kier alpha value is -4.93. The average molecular weight is 516 g/mol. The first kappa shape index (κ1) is 21.1. The van der Waals surface area contributed by atoms with E-state index in [-0.39, 0.29) is 0 Å². The lowest BCUT2D eigenvalue weighted by atomic mass is 10.0. The van der Waals surface area contributed by atoms with E-state index in [4.69, 9.17) is 0 Å². The van der Waals surface area contributed by atoms with Gasteiger partial charge >= 0.3 is 0 Å². The molecule has 0 saturated carbocycles. The summed E-state index contributed by atoms with van der Waals surface area (Å²) in [7, 11) is 0. The maximum atomic E-state index is 4.64. The minimum atomic E-state index is 1.04. The maximum absolute atomic E-state index is 4.64. The molecule has 4 heteroatoms. The van der Waals surface area contributed by atoms with Crippen LogP contribution in [0.25, 0.3) is 76.0 Å². The first-order valence-electron chi connectivity index (χ1n) is 13.1. The molecule has 0 N–H and O–H groups in total. The zero-order valence-corrected chi connectivity index (χ0v) is 21.7. The average Bonchev–Trinajstić information content (AvgIpc) is 3.70. The van der Waals surface area contributed by atoms with Crippen LogP contribution in [0, 0.1) is 0 Å². The molecule has 0 spiro atoms. The SMILES string of the molecule is c1ccc(-n2c3ccc4c5ccccc5n(-c5cccc6ncsc56)c4c3c3ccc4ccccc4c32)cc1. The molecule has 9 aromatic rings. The van der Waals surface area contributed by atoms with Crippen molar-refractivity contribution in [3.63, 3.8) is 0 Å². The predicted octanol–water partition coefficient (Wildman–Crippen LogP) is 9.64. The zero-order chi connectivity index (χ0) is 25.5. The molecule has 0 aliphatic carbocycles. The third-order valence-electron chi connectivity index (χ3n) is 8.04. The Bertz CT molecular complexity index is 2390. The molecule has 0 saturated heterocycles. The fourth-order valence-corrected chi connectivity index (χ4v) is 7.25. The van der Waals surface area contributed by atoms with Crippen LogP contribution in [0.4, 0.5) is 0 Å². The summed E-state index contributed by atoms with van der Waals surface area (Å²) in [6.45, 7) is 0. The molecule has 0 radical (unpaired) electrons. The van der Waals surface area contributed by atoms with Gasteiger partial charge in [0.1, 0.15) is 0 Å². The standard InChI is InChI=1S/C35H21N3S/c1-2-10-23(11-3-1)37-30-20-19-26-25-13-6-7-15-29(25)38(31-16-8-14-28-35(31)39-21-36-28)34(26)32(30)27-18-17-22-9-4-5-12-24(22)33(27)37/h1-21H. The summed E-state index contributed by atoms with van der Waals surface area (Å²) >= 11 is 1.71. The first-order valence-corrected chi connectivity index (χ1v) is 14.0. The van der Waals surface area contributed by atoms with E-state index < -0.39 is 0 Å². The van der Waals surface area contributed by atoms with Gasteiger partial charge < -0.3 is 9.13 Å². The summed E-state index contributed by atoms with van der Waals surface area (Å²) in [5.41, 5.74) is 10.2. The summed E-state index contributed by atoms with van der Waals surface area (Å²) in [6.07, 6.45) is 0. The molecule has 3 nitrogen and oxygen atoms in total. The van der Waals surface area contributed by atoms with Crippen LogP contribution in [-0.2, 0) is 0 Å². The third-order valence-corrected chi connectivity index (χ3v) is 8.91. The maximum Gasteiger partial charge on any atom is 0.0833 e. The van der Waals surface area contributed by atoms with Crippen molar-refractivity contribution in [2.75, 3.05) is 0 Å². The molecule has 6 aromatic carbocycles. The number of nitrogens with zero attached hydrogens (tertiary/aromatic N) is 3. The minimum Gasteiger partial charge on any atom is -0.309 e. The summed E-state index contributed by atoms with van der Waals surface area (Å²) in [5, 5.41) is 7.57. The summed E-state index contributed by atoms with van der Waals surface area (Å²) < 4.78 is 6.12. The molecular weight excluding hydrogens is 494 g/mol. The van der Waals surface area contributed by atoms with Crippen LogP contribution in [0.15, 0.2) is 127 Å². The fraction of sp³-hybridized carbons (Fsp3) is 0. The van der Waals surface area contributed by atoms with Crippen molar-refractivity contribution in [3.05, 3.63) is 127 Å². The third kappa shape index (κ3) is 2.78. The van der Waals surface area contributed by atoms with Gasteiger partial charge in [0.05, 0.1) is 43.5 Å². The molecule has 9 rings (SSSR count). The normalized spacial score (nSPS) is 12.1. The summed E-state index contributed by atoms with van der Waals surface area (Å²) in [5.74, 6) is 0. The van der Waals surface area contributed by atoms with Crippen LogP contribution in [0.1, 0.15) is 0 Å². The molecule has 0 aliphatic rings. The molecule has 0 aliphatic heterocycles. The Morgan fingerprint density at radius 2 is 1.31 bits per heavy atom. The van der Waals surface area contributed by atoms with Crippen molar-refractivity contribution >= 4 is 75.9 Å². The highest BCUT2D eigenvalue weighted by Crippen LogP contribution is 2.44. The first-order chi connectivity index (χ1) is 19.4. The summed E-state index contributed by atoms with van der Waals surface area (Å²) in [4.78, 5) is 4.64. The van der Waals surface area contributed by atoms with Crippen molar-refractivity contribution < 1.29 is 0 Å². The van der Waals surface area contributed by atoms with E-state index in [2.05, 4.69) is 135 Å². The second-order valence-electron chi connectivity index (χ2n) is 10.0. The fourth-order valence-electron chi connectivity index (χ4n) is 6.46. The van der Waals surface area contributed by atoms with Crippen LogP contribution < -0.4 is 0 Å². The van der Waals surface area contributed by atoms with Gasteiger partial charge in [-0.1, -0.05) is 84.9 Å². The quantitative estimate of drug-likeness (QED) is 0.225. The van der Waals surface area contributed by atoms with E-state index in [1.165, 1.54) is 70.5 Å².